The average Bonchev–Trinajstić information content (AvgIpc) is 2.80. The first kappa shape index (κ1) is 20.3. The van der Waals surface area contributed by atoms with Gasteiger partial charge in [0.05, 0.1) is 5.56 Å². The molecule has 8 nitrogen and oxygen atoms in total. The Morgan fingerprint density at radius 2 is 1.90 bits per heavy atom. The average molecular weight is 426 g/mol. The van der Waals surface area contributed by atoms with Gasteiger partial charge < -0.3 is 20.0 Å². The first-order valence-corrected chi connectivity index (χ1v) is 11.6. The minimum Gasteiger partial charge on any atom is -0.349 e. The molecule has 2 unspecified atom stereocenters. The van der Waals surface area contributed by atoms with Gasteiger partial charge in [-0.1, -0.05) is 0 Å². The predicted molar refractivity (Wildman–Crippen MR) is 114 cm³/mol. The molecular formula is C23H31N5O3. The molecule has 8 heteroatoms. The zero-order chi connectivity index (χ0) is 21.4. The summed E-state index contributed by atoms with van der Waals surface area (Å²) in [5.41, 5.74) is 0.566. The van der Waals surface area contributed by atoms with Crippen LogP contribution in [0.4, 0.5) is 4.79 Å². The van der Waals surface area contributed by atoms with Crippen LogP contribution >= 0.6 is 0 Å². The van der Waals surface area contributed by atoms with Crippen LogP contribution in [0, 0.1) is 11.8 Å². The quantitative estimate of drug-likeness (QED) is 0.782. The molecule has 5 heterocycles. The number of hydrogen-bond donors (Lipinski definition) is 1. The first-order chi connectivity index (χ1) is 15.1. The maximum absolute atomic E-state index is 13.2. The van der Waals surface area contributed by atoms with Crippen LogP contribution in [0.15, 0.2) is 24.5 Å². The third-order valence-electron chi connectivity index (χ3n) is 7.47. The number of amides is 4. The van der Waals surface area contributed by atoms with Crippen LogP contribution in [0.25, 0.3) is 0 Å². The van der Waals surface area contributed by atoms with Crippen molar-refractivity contribution in [1.29, 1.82) is 0 Å². The summed E-state index contributed by atoms with van der Waals surface area (Å²) in [4.78, 5) is 48.0. The third kappa shape index (κ3) is 4.12. The van der Waals surface area contributed by atoms with Crippen molar-refractivity contribution in [1.82, 2.24) is 25.0 Å². The van der Waals surface area contributed by atoms with Gasteiger partial charge in [0.2, 0.25) is 5.91 Å². The minimum atomic E-state index is -0.103. The van der Waals surface area contributed by atoms with E-state index in [1.807, 2.05) is 9.80 Å². The van der Waals surface area contributed by atoms with E-state index in [1.54, 1.807) is 24.5 Å². The van der Waals surface area contributed by atoms with Crippen molar-refractivity contribution in [3.8, 4) is 0 Å². The minimum absolute atomic E-state index is 0.0827. The van der Waals surface area contributed by atoms with Gasteiger partial charge in [-0.05, 0) is 56.1 Å². The van der Waals surface area contributed by atoms with E-state index in [0.29, 0.717) is 48.9 Å². The van der Waals surface area contributed by atoms with Crippen molar-refractivity contribution in [2.45, 2.75) is 50.6 Å². The smallest absolute Gasteiger partial charge is 0.320 e. The summed E-state index contributed by atoms with van der Waals surface area (Å²) in [5.74, 6) is 1.02. The van der Waals surface area contributed by atoms with Crippen LogP contribution in [-0.2, 0) is 4.79 Å². The molecule has 4 amide bonds. The molecule has 0 saturated carbocycles. The topological polar surface area (TPSA) is 85.8 Å². The van der Waals surface area contributed by atoms with Gasteiger partial charge in [0.25, 0.3) is 5.91 Å². The molecule has 4 saturated heterocycles. The highest BCUT2D eigenvalue weighted by Gasteiger charge is 2.45. The number of likely N-dealkylation sites (tertiary alicyclic amines) is 2. The molecule has 4 fully saturated rings. The maximum atomic E-state index is 13.2. The molecule has 1 N–H and O–H groups in total. The molecule has 5 rings (SSSR count). The maximum Gasteiger partial charge on any atom is 0.320 e. The van der Waals surface area contributed by atoms with Crippen molar-refractivity contribution in [2.75, 3.05) is 32.7 Å². The Balaban J connectivity index is 1.14. The number of carbonyl (C=O) groups is 3. The van der Waals surface area contributed by atoms with E-state index in [9.17, 15) is 14.4 Å². The van der Waals surface area contributed by atoms with E-state index in [2.05, 4.69) is 15.2 Å². The Morgan fingerprint density at radius 3 is 2.68 bits per heavy atom. The normalized spacial score (nSPS) is 28.8. The standard InChI is InChI=1S/C23H31N5O3/c29-21-5-1-4-20-18-11-16(14-28(20)21)13-27(15-18)23(31)26-9-6-19(7-10-26)25-22(30)17-3-2-8-24-12-17/h2-3,8,12,16,18-20H,1,4-7,9-11,13-15H2,(H,25,30)/t16?,18?,20-/m1/s1. The zero-order valence-corrected chi connectivity index (χ0v) is 17.9. The Kier molecular flexibility index (Phi) is 5.54. The summed E-state index contributed by atoms with van der Waals surface area (Å²) in [6.07, 6.45) is 8.64. The van der Waals surface area contributed by atoms with Crippen LogP contribution in [0.3, 0.4) is 0 Å². The van der Waals surface area contributed by atoms with Crippen molar-refractivity contribution < 1.29 is 14.4 Å². The summed E-state index contributed by atoms with van der Waals surface area (Å²) >= 11 is 0. The summed E-state index contributed by atoms with van der Waals surface area (Å²) in [6, 6.07) is 4.05. The van der Waals surface area contributed by atoms with Gasteiger partial charge in [0, 0.05) is 63.6 Å². The largest absolute Gasteiger partial charge is 0.349 e. The van der Waals surface area contributed by atoms with Crippen molar-refractivity contribution in [3.63, 3.8) is 0 Å². The molecule has 4 aliphatic rings. The number of nitrogens with zero attached hydrogens (tertiary/aromatic N) is 4. The molecule has 0 aromatic carbocycles. The van der Waals surface area contributed by atoms with Crippen LogP contribution in [-0.4, -0.2) is 82.3 Å². The van der Waals surface area contributed by atoms with E-state index in [0.717, 1.165) is 51.7 Å². The first-order valence-electron chi connectivity index (χ1n) is 11.6. The zero-order valence-electron chi connectivity index (χ0n) is 17.9. The second-order valence-electron chi connectivity index (χ2n) is 9.53. The van der Waals surface area contributed by atoms with Crippen LogP contribution in [0.2, 0.25) is 0 Å². The molecule has 4 aliphatic heterocycles. The molecule has 0 spiro atoms. The van der Waals surface area contributed by atoms with Crippen LogP contribution in [0.1, 0.15) is 48.9 Å². The molecule has 0 radical (unpaired) electrons. The highest BCUT2D eigenvalue weighted by molar-refractivity contribution is 5.94. The predicted octanol–water partition coefficient (Wildman–Crippen LogP) is 1.73. The van der Waals surface area contributed by atoms with E-state index in [1.165, 1.54) is 0 Å². The lowest BCUT2D eigenvalue weighted by molar-refractivity contribution is -0.144. The molecule has 3 atom stereocenters. The number of urea groups is 1. The summed E-state index contributed by atoms with van der Waals surface area (Å²) < 4.78 is 0. The third-order valence-corrected chi connectivity index (χ3v) is 7.47. The molecule has 1 aromatic heterocycles. The van der Waals surface area contributed by atoms with Gasteiger partial charge in [-0.2, -0.15) is 0 Å². The Bertz CT molecular complexity index is 839. The Morgan fingerprint density at radius 1 is 1.06 bits per heavy atom. The van der Waals surface area contributed by atoms with E-state index in [4.69, 9.17) is 0 Å². The fraction of sp³-hybridized carbons (Fsp3) is 0.652. The number of nitrogens with one attached hydrogen (secondary N) is 1. The highest BCUT2D eigenvalue weighted by atomic mass is 16.2. The second kappa shape index (κ2) is 8.48. The number of hydrogen-bond acceptors (Lipinski definition) is 4. The Labute approximate surface area is 183 Å². The fourth-order valence-electron chi connectivity index (χ4n) is 5.95. The SMILES string of the molecule is O=C(NC1CCN(C(=O)N2CC3CC(C2)[C@H]2CCCC(=O)N2C3)CC1)c1cccnc1. The van der Waals surface area contributed by atoms with E-state index >= 15 is 0 Å². The number of pyridine rings is 1. The van der Waals surface area contributed by atoms with Crippen molar-refractivity contribution in [2.24, 2.45) is 11.8 Å². The highest BCUT2D eigenvalue weighted by Crippen LogP contribution is 2.38. The lowest BCUT2D eigenvalue weighted by Gasteiger charge is -2.53. The Hall–Kier alpha value is -2.64. The summed E-state index contributed by atoms with van der Waals surface area (Å²) in [5, 5.41) is 3.07. The number of fused-ring (bicyclic) bond motifs is 4. The molecule has 1 aromatic rings. The van der Waals surface area contributed by atoms with Crippen molar-refractivity contribution in [3.05, 3.63) is 30.1 Å². The van der Waals surface area contributed by atoms with Gasteiger partial charge in [0.1, 0.15) is 0 Å². The monoisotopic (exact) mass is 425 g/mol. The second-order valence-corrected chi connectivity index (χ2v) is 9.53. The van der Waals surface area contributed by atoms with E-state index in [-0.39, 0.29) is 18.0 Å². The molecule has 2 bridgehead atoms. The van der Waals surface area contributed by atoms with Crippen LogP contribution in [0.5, 0.6) is 0 Å². The van der Waals surface area contributed by atoms with E-state index < -0.39 is 0 Å². The number of rotatable bonds is 2. The van der Waals surface area contributed by atoms with Crippen LogP contribution < -0.4 is 5.32 Å². The van der Waals surface area contributed by atoms with Gasteiger partial charge >= 0.3 is 6.03 Å². The summed E-state index contributed by atoms with van der Waals surface area (Å²) in [6.45, 7) is 3.66. The molecule has 166 valence electrons. The van der Waals surface area contributed by atoms with Gasteiger partial charge in [-0.3, -0.25) is 14.6 Å². The molecule has 0 aliphatic carbocycles. The van der Waals surface area contributed by atoms with Gasteiger partial charge in [0.15, 0.2) is 0 Å². The molecule has 31 heavy (non-hydrogen) atoms. The number of aromatic nitrogens is 1. The number of carbonyl (C=O) groups excluding carboxylic acids is 3. The summed E-state index contributed by atoms with van der Waals surface area (Å²) in [7, 11) is 0. The molecular weight excluding hydrogens is 394 g/mol. The lowest BCUT2D eigenvalue weighted by Crippen LogP contribution is -2.62. The number of piperidine rings is 4. The lowest BCUT2D eigenvalue weighted by atomic mass is 9.76. The van der Waals surface area contributed by atoms with Gasteiger partial charge in [-0.25, -0.2) is 4.79 Å². The fourth-order valence-corrected chi connectivity index (χ4v) is 5.95. The van der Waals surface area contributed by atoms with Crippen molar-refractivity contribution >= 4 is 17.8 Å². The van der Waals surface area contributed by atoms with Gasteiger partial charge in [-0.15, -0.1) is 0 Å².